The number of carbonyl (C=O) groups is 3. The maximum atomic E-state index is 13.6. The fourth-order valence-electron chi connectivity index (χ4n) is 5.08. The van der Waals surface area contributed by atoms with Gasteiger partial charge in [-0.15, -0.1) is 13.2 Å². The van der Waals surface area contributed by atoms with Gasteiger partial charge in [-0.05, 0) is 54.5 Å². The number of halogens is 1. The van der Waals surface area contributed by atoms with Gasteiger partial charge in [0.25, 0.3) is 0 Å². The lowest BCUT2D eigenvalue weighted by molar-refractivity contribution is -0.149. The summed E-state index contributed by atoms with van der Waals surface area (Å²) in [5.74, 6) is -2.62. The zero-order valence-electron chi connectivity index (χ0n) is 25.7. The van der Waals surface area contributed by atoms with Gasteiger partial charge in [0.15, 0.2) is 0 Å². The number of esters is 1. The van der Waals surface area contributed by atoms with E-state index < -0.39 is 23.8 Å². The third-order valence-electron chi connectivity index (χ3n) is 7.46. The molecule has 3 aromatic carbocycles. The third kappa shape index (κ3) is 12.2. The van der Waals surface area contributed by atoms with Crippen LogP contribution in [0, 0.1) is 17.7 Å². The van der Waals surface area contributed by atoms with E-state index in [1.165, 1.54) is 12.1 Å². The fourth-order valence-corrected chi connectivity index (χ4v) is 5.08. The number of rotatable bonds is 19. The van der Waals surface area contributed by atoms with Crippen molar-refractivity contribution in [2.45, 2.75) is 44.7 Å². The molecule has 0 bridgehead atoms. The molecule has 0 unspecified atom stereocenters. The van der Waals surface area contributed by atoms with E-state index in [-0.39, 0.29) is 50.2 Å². The highest BCUT2D eigenvalue weighted by Crippen LogP contribution is 2.18. The number of carbonyl (C=O) groups excluding carboxylic acids is 3. The second-order valence-electron chi connectivity index (χ2n) is 11.0. The smallest absolute Gasteiger partial charge is 0.309 e. The highest BCUT2D eigenvalue weighted by Gasteiger charge is 2.27. The Morgan fingerprint density at radius 3 is 2.00 bits per heavy atom. The SMILES string of the molecule is C=CC[C@H](CC(=O)N(CCO)Cc1ccccc1)C(=O)N[C@@H](COC(=O)[C@@H](CC=C)Cc1ccc(F)cc1)Cc1ccccc1. The minimum absolute atomic E-state index is 0.0678. The lowest BCUT2D eigenvalue weighted by Gasteiger charge is -2.26. The Morgan fingerprint density at radius 2 is 1.40 bits per heavy atom. The van der Waals surface area contributed by atoms with Crippen molar-refractivity contribution in [3.63, 3.8) is 0 Å². The first-order valence-electron chi connectivity index (χ1n) is 15.2. The number of aliphatic hydroxyl groups excluding tert-OH is 1. The normalized spacial score (nSPS) is 12.8. The molecule has 3 aromatic rings. The predicted octanol–water partition coefficient (Wildman–Crippen LogP) is 5.43. The van der Waals surface area contributed by atoms with E-state index in [1.54, 1.807) is 29.2 Å². The van der Waals surface area contributed by atoms with Crippen LogP contribution in [0.5, 0.6) is 0 Å². The molecule has 0 radical (unpaired) electrons. The number of aliphatic hydroxyl groups is 1. The molecule has 45 heavy (non-hydrogen) atoms. The molecule has 3 atom stereocenters. The number of allylic oxidation sites excluding steroid dienone is 2. The van der Waals surface area contributed by atoms with E-state index in [4.69, 9.17) is 4.74 Å². The molecule has 0 saturated carbocycles. The maximum absolute atomic E-state index is 13.6. The zero-order valence-corrected chi connectivity index (χ0v) is 25.7. The van der Waals surface area contributed by atoms with Gasteiger partial charge in [0.1, 0.15) is 12.4 Å². The van der Waals surface area contributed by atoms with Gasteiger partial charge >= 0.3 is 5.97 Å². The van der Waals surface area contributed by atoms with Crippen LogP contribution in [0.1, 0.15) is 36.0 Å². The lowest BCUT2D eigenvalue weighted by atomic mass is 9.96. The van der Waals surface area contributed by atoms with Crippen LogP contribution in [0.25, 0.3) is 0 Å². The van der Waals surface area contributed by atoms with Crippen LogP contribution < -0.4 is 5.32 Å². The van der Waals surface area contributed by atoms with Crippen LogP contribution in [0.4, 0.5) is 4.39 Å². The Labute approximate surface area is 265 Å². The van der Waals surface area contributed by atoms with Crippen molar-refractivity contribution in [2.75, 3.05) is 19.8 Å². The summed E-state index contributed by atoms with van der Waals surface area (Å²) in [6.07, 6.45) is 4.60. The highest BCUT2D eigenvalue weighted by atomic mass is 19.1. The lowest BCUT2D eigenvalue weighted by Crippen LogP contribution is -2.45. The van der Waals surface area contributed by atoms with E-state index in [0.29, 0.717) is 25.8 Å². The molecule has 0 spiro atoms. The summed E-state index contributed by atoms with van der Waals surface area (Å²) in [7, 11) is 0. The summed E-state index contributed by atoms with van der Waals surface area (Å²) in [5.41, 5.74) is 2.66. The average Bonchev–Trinajstić information content (AvgIpc) is 3.04. The molecule has 0 fully saturated rings. The molecule has 2 N–H and O–H groups in total. The van der Waals surface area contributed by atoms with Crippen LogP contribution in [0.2, 0.25) is 0 Å². The second-order valence-corrected chi connectivity index (χ2v) is 11.0. The zero-order chi connectivity index (χ0) is 32.4. The van der Waals surface area contributed by atoms with Crippen LogP contribution in [0.3, 0.4) is 0 Å². The Kier molecular flexibility index (Phi) is 14.7. The summed E-state index contributed by atoms with van der Waals surface area (Å²) in [6.45, 7) is 7.73. The molecule has 7 nitrogen and oxygen atoms in total. The molecule has 0 aliphatic carbocycles. The van der Waals surface area contributed by atoms with Crippen molar-refractivity contribution < 1.29 is 28.6 Å². The summed E-state index contributed by atoms with van der Waals surface area (Å²) in [4.78, 5) is 41.6. The molecule has 0 aromatic heterocycles. The molecule has 3 rings (SSSR count). The quantitative estimate of drug-likeness (QED) is 0.139. The minimum Gasteiger partial charge on any atom is -0.463 e. The monoisotopic (exact) mass is 614 g/mol. The molecule has 238 valence electrons. The van der Waals surface area contributed by atoms with Gasteiger partial charge in [-0.2, -0.15) is 0 Å². The Morgan fingerprint density at radius 1 is 0.822 bits per heavy atom. The Bertz CT molecular complexity index is 1360. The van der Waals surface area contributed by atoms with E-state index >= 15 is 0 Å². The van der Waals surface area contributed by atoms with Crippen molar-refractivity contribution in [3.05, 3.63) is 133 Å². The number of amides is 2. The van der Waals surface area contributed by atoms with E-state index in [1.807, 2.05) is 60.7 Å². The first-order chi connectivity index (χ1) is 21.8. The molecule has 0 saturated heterocycles. The molecular formula is C37H43FN2O5. The maximum Gasteiger partial charge on any atom is 0.309 e. The van der Waals surface area contributed by atoms with Gasteiger partial charge in [0, 0.05) is 19.5 Å². The number of ether oxygens (including phenoxy) is 1. The van der Waals surface area contributed by atoms with Crippen LogP contribution in [-0.2, 0) is 38.5 Å². The van der Waals surface area contributed by atoms with Crippen molar-refractivity contribution in [1.29, 1.82) is 0 Å². The van der Waals surface area contributed by atoms with Gasteiger partial charge < -0.3 is 20.1 Å². The summed E-state index contributed by atoms with van der Waals surface area (Å²) >= 11 is 0. The third-order valence-corrected chi connectivity index (χ3v) is 7.46. The van der Waals surface area contributed by atoms with E-state index in [0.717, 1.165) is 16.7 Å². The molecule has 0 heterocycles. The van der Waals surface area contributed by atoms with Gasteiger partial charge in [-0.1, -0.05) is 84.9 Å². The van der Waals surface area contributed by atoms with Gasteiger partial charge in [-0.25, -0.2) is 4.39 Å². The van der Waals surface area contributed by atoms with E-state index in [2.05, 4.69) is 18.5 Å². The first kappa shape index (κ1) is 34.9. The minimum atomic E-state index is -0.701. The van der Waals surface area contributed by atoms with Crippen molar-refractivity contribution in [1.82, 2.24) is 10.2 Å². The number of hydrogen-bond donors (Lipinski definition) is 2. The number of hydrogen-bond acceptors (Lipinski definition) is 5. The van der Waals surface area contributed by atoms with Gasteiger partial charge in [-0.3, -0.25) is 14.4 Å². The van der Waals surface area contributed by atoms with Crippen LogP contribution >= 0.6 is 0 Å². The molecule has 0 aliphatic heterocycles. The molecule has 0 aliphatic rings. The second kappa shape index (κ2) is 19.0. The fraction of sp³-hybridized carbons (Fsp3) is 0.324. The standard InChI is InChI=1S/C37H43FN2O5/c1-3-11-31(25-35(42)40(21-22-41)26-30-15-9-6-10-16-30)36(43)39-34(24-28-13-7-5-8-14-28)27-45-37(44)32(12-4-2)23-29-17-19-33(38)20-18-29/h3-10,13-20,31-32,34,41H,1-2,11-12,21-27H2,(H,39,43)/t31-,32+,34-/m1/s1. The van der Waals surface area contributed by atoms with Crippen LogP contribution in [0.15, 0.2) is 110 Å². The van der Waals surface area contributed by atoms with E-state index in [9.17, 15) is 23.9 Å². The molecule has 8 heteroatoms. The van der Waals surface area contributed by atoms with Gasteiger partial charge in [0.2, 0.25) is 11.8 Å². The average molecular weight is 615 g/mol. The number of nitrogens with zero attached hydrogens (tertiary/aromatic N) is 1. The Balaban J connectivity index is 1.70. The molecular weight excluding hydrogens is 571 g/mol. The van der Waals surface area contributed by atoms with Gasteiger partial charge in [0.05, 0.1) is 24.5 Å². The predicted molar refractivity (Wildman–Crippen MR) is 173 cm³/mol. The summed E-state index contributed by atoms with van der Waals surface area (Å²) < 4.78 is 19.1. The number of nitrogens with one attached hydrogen (secondary N) is 1. The summed E-state index contributed by atoms with van der Waals surface area (Å²) in [6, 6.07) is 24.4. The van der Waals surface area contributed by atoms with Crippen LogP contribution in [-0.4, -0.2) is 53.6 Å². The first-order valence-corrected chi connectivity index (χ1v) is 15.2. The topological polar surface area (TPSA) is 95.9 Å². The van der Waals surface area contributed by atoms with Crippen molar-refractivity contribution in [2.24, 2.45) is 11.8 Å². The largest absolute Gasteiger partial charge is 0.463 e. The summed E-state index contributed by atoms with van der Waals surface area (Å²) in [5, 5.41) is 12.6. The Hall–Kier alpha value is -4.56. The van der Waals surface area contributed by atoms with Crippen molar-refractivity contribution in [3.8, 4) is 0 Å². The van der Waals surface area contributed by atoms with Crippen molar-refractivity contribution >= 4 is 17.8 Å². The number of benzene rings is 3. The molecule has 2 amide bonds. The highest BCUT2D eigenvalue weighted by molar-refractivity contribution is 5.86.